The highest BCUT2D eigenvalue weighted by atomic mass is 14.2. The molecule has 0 saturated heterocycles. The molecule has 0 radical (unpaired) electrons. The van der Waals surface area contributed by atoms with E-state index < -0.39 is 0 Å². The van der Waals surface area contributed by atoms with Crippen LogP contribution in [0.2, 0.25) is 0 Å². The van der Waals surface area contributed by atoms with Gasteiger partial charge in [-0.1, -0.05) is 29.4 Å². The van der Waals surface area contributed by atoms with Crippen LogP contribution in [0.1, 0.15) is 26.2 Å². The molecule has 0 aliphatic heterocycles. The van der Waals surface area contributed by atoms with Crippen molar-refractivity contribution in [1.29, 1.82) is 0 Å². The Morgan fingerprint density at radius 3 is 3.10 bits per heavy atom. The molecule has 2 aliphatic rings. The highest BCUT2D eigenvalue weighted by Crippen LogP contribution is 2.31. The average Bonchev–Trinajstić information content (AvgIpc) is 2.33. The molecule has 0 atom stereocenters. The van der Waals surface area contributed by atoms with Gasteiger partial charge < -0.3 is 0 Å². The lowest BCUT2D eigenvalue weighted by atomic mass is 9.94. The van der Waals surface area contributed by atoms with Gasteiger partial charge in [0.15, 0.2) is 0 Å². The normalized spacial score (nSPS) is 23.1. The van der Waals surface area contributed by atoms with Crippen molar-refractivity contribution >= 4 is 0 Å². The monoisotopic (exact) mass is 132 g/mol. The molecule has 0 spiro atoms. The number of hydrogen-bond donors (Lipinski definition) is 0. The van der Waals surface area contributed by atoms with Crippen molar-refractivity contribution in [3.8, 4) is 0 Å². The van der Waals surface area contributed by atoms with E-state index in [0.717, 1.165) is 0 Å². The Bertz CT molecular complexity index is 239. The SMILES string of the molecule is CC1=CCC2=C(C=CC2)C1. The van der Waals surface area contributed by atoms with Crippen LogP contribution in [-0.2, 0) is 0 Å². The predicted molar refractivity (Wildman–Crippen MR) is 43.8 cm³/mol. The van der Waals surface area contributed by atoms with E-state index in [1.165, 1.54) is 24.8 Å². The lowest BCUT2D eigenvalue weighted by molar-refractivity contribution is 0.992. The first-order chi connectivity index (χ1) is 4.86. The standard InChI is InChI=1S/C10H12/c1-8-5-6-9-3-2-4-10(9)7-8/h2,4-5H,3,6-7H2,1H3. The van der Waals surface area contributed by atoms with E-state index in [-0.39, 0.29) is 0 Å². The number of allylic oxidation sites excluding steroid dienone is 6. The fourth-order valence-electron chi connectivity index (χ4n) is 1.66. The molecule has 0 aromatic carbocycles. The molecule has 0 aromatic heterocycles. The van der Waals surface area contributed by atoms with Crippen molar-refractivity contribution in [3.05, 3.63) is 34.9 Å². The van der Waals surface area contributed by atoms with Gasteiger partial charge in [0.05, 0.1) is 0 Å². The Morgan fingerprint density at radius 1 is 1.30 bits per heavy atom. The minimum atomic E-state index is 1.20. The van der Waals surface area contributed by atoms with Crippen molar-refractivity contribution in [2.75, 3.05) is 0 Å². The Labute approximate surface area is 61.9 Å². The lowest BCUT2D eigenvalue weighted by Gasteiger charge is -2.11. The zero-order valence-corrected chi connectivity index (χ0v) is 6.35. The maximum absolute atomic E-state index is 2.35. The summed E-state index contributed by atoms with van der Waals surface area (Å²) in [6.07, 6.45) is 10.5. The fraction of sp³-hybridized carbons (Fsp3) is 0.400. The Hall–Kier alpha value is -0.780. The molecular formula is C10H12. The molecule has 0 unspecified atom stereocenters. The van der Waals surface area contributed by atoms with E-state index in [2.05, 4.69) is 25.2 Å². The number of rotatable bonds is 0. The van der Waals surface area contributed by atoms with Crippen LogP contribution in [-0.4, -0.2) is 0 Å². The van der Waals surface area contributed by atoms with Crippen LogP contribution < -0.4 is 0 Å². The van der Waals surface area contributed by atoms with E-state index in [4.69, 9.17) is 0 Å². The third-order valence-electron chi connectivity index (χ3n) is 2.30. The fourth-order valence-corrected chi connectivity index (χ4v) is 1.66. The third kappa shape index (κ3) is 0.841. The molecule has 10 heavy (non-hydrogen) atoms. The molecule has 2 aliphatic carbocycles. The van der Waals surface area contributed by atoms with Crippen molar-refractivity contribution < 1.29 is 0 Å². The molecule has 0 fully saturated rings. The Morgan fingerprint density at radius 2 is 2.20 bits per heavy atom. The molecule has 0 heterocycles. The summed E-state index contributed by atoms with van der Waals surface area (Å²) in [5.41, 5.74) is 4.76. The molecule has 2 rings (SSSR count). The quantitative estimate of drug-likeness (QED) is 0.444. The second-order valence-electron chi connectivity index (χ2n) is 3.17. The maximum Gasteiger partial charge on any atom is -0.00701 e. The van der Waals surface area contributed by atoms with Gasteiger partial charge in [0.2, 0.25) is 0 Å². The zero-order valence-electron chi connectivity index (χ0n) is 6.35. The topological polar surface area (TPSA) is 0 Å². The molecule has 0 amide bonds. The van der Waals surface area contributed by atoms with Gasteiger partial charge in [-0.2, -0.15) is 0 Å². The highest BCUT2D eigenvalue weighted by Gasteiger charge is 2.11. The largest absolute Gasteiger partial charge is 0.0812 e. The molecule has 52 valence electrons. The van der Waals surface area contributed by atoms with E-state index in [0.29, 0.717) is 0 Å². The van der Waals surface area contributed by atoms with Crippen molar-refractivity contribution in [2.45, 2.75) is 26.2 Å². The third-order valence-corrected chi connectivity index (χ3v) is 2.30. The van der Waals surface area contributed by atoms with Crippen LogP contribution in [0, 0.1) is 0 Å². The summed E-state index contributed by atoms with van der Waals surface area (Å²) in [5.74, 6) is 0. The minimum absolute atomic E-state index is 1.20. The van der Waals surface area contributed by atoms with Crippen molar-refractivity contribution in [2.24, 2.45) is 0 Å². The Kier molecular flexibility index (Phi) is 1.26. The zero-order chi connectivity index (χ0) is 6.97. The van der Waals surface area contributed by atoms with Crippen LogP contribution in [0.25, 0.3) is 0 Å². The molecule has 0 bridgehead atoms. The van der Waals surface area contributed by atoms with Crippen LogP contribution >= 0.6 is 0 Å². The summed E-state index contributed by atoms with van der Waals surface area (Å²) < 4.78 is 0. The number of hydrogen-bond acceptors (Lipinski definition) is 0. The first kappa shape index (κ1) is 5.96. The predicted octanol–water partition coefficient (Wildman–Crippen LogP) is 2.98. The van der Waals surface area contributed by atoms with Gasteiger partial charge >= 0.3 is 0 Å². The van der Waals surface area contributed by atoms with Crippen LogP contribution in [0.3, 0.4) is 0 Å². The first-order valence-electron chi connectivity index (χ1n) is 3.89. The van der Waals surface area contributed by atoms with Crippen LogP contribution in [0.5, 0.6) is 0 Å². The molecular weight excluding hydrogens is 120 g/mol. The van der Waals surface area contributed by atoms with E-state index in [1.807, 2.05) is 0 Å². The van der Waals surface area contributed by atoms with E-state index >= 15 is 0 Å². The van der Waals surface area contributed by atoms with Gasteiger partial charge in [0, 0.05) is 0 Å². The van der Waals surface area contributed by atoms with Gasteiger partial charge in [-0.25, -0.2) is 0 Å². The van der Waals surface area contributed by atoms with Gasteiger partial charge in [-0.05, 0) is 31.8 Å². The van der Waals surface area contributed by atoms with Gasteiger partial charge in [0.25, 0.3) is 0 Å². The van der Waals surface area contributed by atoms with Crippen LogP contribution in [0.4, 0.5) is 0 Å². The first-order valence-corrected chi connectivity index (χ1v) is 3.89. The second-order valence-corrected chi connectivity index (χ2v) is 3.17. The lowest BCUT2D eigenvalue weighted by Crippen LogP contribution is -1.92. The highest BCUT2D eigenvalue weighted by molar-refractivity contribution is 5.40. The van der Waals surface area contributed by atoms with Crippen molar-refractivity contribution in [1.82, 2.24) is 0 Å². The summed E-state index contributed by atoms with van der Waals surface area (Å²) in [6.45, 7) is 2.22. The summed E-state index contributed by atoms with van der Waals surface area (Å²) in [5, 5.41) is 0. The summed E-state index contributed by atoms with van der Waals surface area (Å²) in [4.78, 5) is 0. The molecule has 0 heteroatoms. The van der Waals surface area contributed by atoms with Gasteiger partial charge in [0.1, 0.15) is 0 Å². The van der Waals surface area contributed by atoms with Crippen molar-refractivity contribution in [3.63, 3.8) is 0 Å². The summed E-state index contributed by atoms with van der Waals surface area (Å²) in [6, 6.07) is 0. The smallest absolute Gasteiger partial charge is 0.00701 e. The summed E-state index contributed by atoms with van der Waals surface area (Å²) in [7, 11) is 0. The van der Waals surface area contributed by atoms with E-state index in [1.54, 1.807) is 11.1 Å². The second kappa shape index (κ2) is 2.12. The average molecular weight is 132 g/mol. The van der Waals surface area contributed by atoms with Gasteiger partial charge in [-0.15, -0.1) is 0 Å². The minimum Gasteiger partial charge on any atom is -0.0812 e. The van der Waals surface area contributed by atoms with Crippen LogP contribution in [0.15, 0.2) is 34.9 Å². The molecule has 0 aromatic rings. The molecule has 0 saturated carbocycles. The molecule has 0 nitrogen and oxygen atoms in total. The van der Waals surface area contributed by atoms with Gasteiger partial charge in [-0.3, -0.25) is 0 Å². The summed E-state index contributed by atoms with van der Waals surface area (Å²) >= 11 is 0. The maximum atomic E-state index is 2.35. The molecule has 0 N–H and O–H groups in total. The Balaban J connectivity index is 2.24. The van der Waals surface area contributed by atoms with E-state index in [9.17, 15) is 0 Å².